The molecule has 0 spiro atoms. The Morgan fingerprint density at radius 1 is 1.12 bits per heavy atom. The van der Waals surface area contributed by atoms with Crippen LogP contribution in [0.25, 0.3) is 10.9 Å². The van der Waals surface area contributed by atoms with Crippen LogP contribution in [0.2, 0.25) is 0 Å². The van der Waals surface area contributed by atoms with Gasteiger partial charge < -0.3 is 31.4 Å². The number of aromatic nitrogens is 1. The highest BCUT2D eigenvalue weighted by Crippen LogP contribution is 2.25. The number of nitrogens with zero attached hydrogens (tertiary/aromatic N) is 2. The first-order valence-corrected chi connectivity index (χ1v) is 11.7. The lowest BCUT2D eigenvalue weighted by Crippen LogP contribution is -2.46. The van der Waals surface area contributed by atoms with Crippen molar-refractivity contribution in [2.75, 3.05) is 17.2 Å². The molecule has 1 fully saturated rings. The van der Waals surface area contributed by atoms with Gasteiger partial charge in [-0.25, -0.2) is 18.4 Å². The average Bonchev–Trinajstić information content (AvgIpc) is 3.49. The van der Waals surface area contributed by atoms with Gasteiger partial charge in [0.25, 0.3) is 0 Å². The molecule has 2 heterocycles. The molecule has 0 bridgehead atoms. The summed E-state index contributed by atoms with van der Waals surface area (Å²) in [6, 6.07) is 8.11. The van der Waals surface area contributed by atoms with Crippen molar-refractivity contribution in [2.45, 2.75) is 37.5 Å². The van der Waals surface area contributed by atoms with Gasteiger partial charge in [0, 0.05) is 41.1 Å². The number of halogens is 5. The predicted molar refractivity (Wildman–Crippen MR) is 133 cm³/mol. The van der Waals surface area contributed by atoms with Crippen molar-refractivity contribution in [3.63, 3.8) is 0 Å². The molecule has 3 aromatic rings. The molecule has 15 heteroatoms. The van der Waals surface area contributed by atoms with E-state index in [9.17, 15) is 36.8 Å². The van der Waals surface area contributed by atoms with Crippen LogP contribution in [0.5, 0.6) is 0 Å². The molecular formula is C25H23F5N6O4. The van der Waals surface area contributed by atoms with Crippen LogP contribution in [0, 0.1) is 23.0 Å². The van der Waals surface area contributed by atoms with Crippen molar-refractivity contribution in [1.29, 1.82) is 5.26 Å². The smallest absolute Gasteiger partial charge is 0.475 e. The molecule has 1 aliphatic rings. The Morgan fingerprint density at radius 3 is 2.35 bits per heavy atom. The normalized spacial score (nSPS) is 15.5. The molecule has 10 nitrogen and oxygen atoms in total. The number of nitrogens with one attached hydrogen (secondary N) is 3. The molecule has 2 atom stereocenters. The molecule has 0 unspecified atom stereocenters. The molecule has 2 aromatic carbocycles. The second-order valence-corrected chi connectivity index (χ2v) is 8.74. The zero-order chi connectivity index (χ0) is 29.6. The van der Waals surface area contributed by atoms with Crippen LogP contribution in [-0.2, 0) is 16.0 Å². The van der Waals surface area contributed by atoms with E-state index in [-0.39, 0.29) is 18.0 Å². The Labute approximate surface area is 223 Å². The highest BCUT2D eigenvalue weighted by atomic mass is 19.4. The Kier molecular flexibility index (Phi) is 9.27. The van der Waals surface area contributed by atoms with Gasteiger partial charge in [0.05, 0.1) is 12.1 Å². The minimum Gasteiger partial charge on any atom is -0.475 e. The second-order valence-electron chi connectivity index (χ2n) is 8.74. The van der Waals surface area contributed by atoms with E-state index in [1.54, 1.807) is 24.4 Å². The summed E-state index contributed by atoms with van der Waals surface area (Å²) in [5.41, 5.74) is 8.18. The molecule has 1 saturated heterocycles. The zero-order valence-corrected chi connectivity index (χ0v) is 20.6. The number of rotatable bonds is 5. The number of nitrogens with two attached hydrogens (primary N) is 1. The van der Waals surface area contributed by atoms with Crippen molar-refractivity contribution in [2.24, 2.45) is 5.73 Å². The van der Waals surface area contributed by atoms with Crippen LogP contribution < -0.4 is 16.4 Å². The van der Waals surface area contributed by atoms with Crippen molar-refractivity contribution >= 4 is 40.2 Å². The number of hydrogen-bond acceptors (Lipinski definition) is 5. The number of urea groups is 1. The third-order valence-electron chi connectivity index (χ3n) is 5.83. The van der Waals surface area contributed by atoms with Crippen LogP contribution in [0.3, 0.4) is 0 Å². The number of likely N-dealkylation sites (tertiary alicyclic amines) is 1. The second kappa shape index (κ2) is 12.4. The number of carboxylic acid groups (broad SMARTS) is 1. The quantitative estimate of drug-likeness (QED) is 0.292. The summed E-state index contributed by atoms with van der Waals surface area (Å²) in [6.07, 6.45) is -1.64. The first-order chi connectivity index (χ1) is 18.8. The van der Waals surface area contributed by atoms with Gasteiger partial charge in [-0.1, -0.05) is 0 Å². The van der Waals surface area contributed by atoms with Crippen molar-refractivity contribution in [1.82, 2.24) is 9.88 Å². The van der Waals surface area contributed by atoms with E-state index >= 15 is 0 Å². The Bertz CT molecular complexity index is 1430. The van der Waals surface area contributed by atoms with Crippen molar-refractivity contribution in [3.8, 4) is 6.07 Å². The summed E-state index contributed by atoms with van der Waals surface area (Å²) in [5.74, 6) is -4.62. The number of carbonyl (C=O) groups is 3. The van der Waals surface area contributed by atoms with Gasteiger partial charge in [0.2, 0.25) is 5.91 Å². The lowest BCUT2D eigenvalue weighted by Gasteiger charge is -2.23. The topological polar surface area (TPSA) is 164 Å². The van der Waals surface area contributed by atoms with Gasteiger partial charge in [-0.2, -0.15) is 18.4 Å². The standard InChI is InChI=1S/C23H22F2N6O2.C2HF3O2/c24-14-7-15(25)9-17(8-14)30-23(33)29-16-3-4-21-19(10-16)13(12-28-21)6-20(27)22(32)31-5-1-2-18(31)11-26;3-2(4,5)1(6)7/h3-4,7-10,12,18,20,28H,1-2,5-6,27H2,(H2,29,30,33);(H,6,7)/t18-,20+;/m0./s1. The minimum atomic E-state index is -5.08. The summed E-state index contributed by atoms with van der Waals surface area (Å²) in [7, 11) is 0. The molecule has 6 N–H and O–H groups in total. The summed E-state index contributed by atoms with van der Waals surface area (Å²) in [5, 5.41) is 22.1. The maximum atomic E-state index is 13.3. The molecule has 1 aliphatic heterocycles. The van der Waals surface area contributed by atoms with E-state index in [0.29, 0.717) is 24.7 Å². The highest BCUT2D eigenvalue weighted by molar-refractivity contribution is 6.01. The molecule has 0 saturated carbocycles. The maximum absolute atomic E-state index is 13.3. The summed E-state index contributed by atoms with van der Waals surface area (Å²) < 4.78 is 58.4. The van der Waals surface area contributed by atoms with Gasteiger partial charge >= 0.3 is 18.2 Å². The molecular weight excluding hydrogens is 543 g/mol. The first kappa shape index (κ1) is 29.8. The molecule has 40 heavy (non-hydrogen) atoms. The van der Waals surface area contributed by atoms with E-state index < -0.39 is 41.9 Å². The summed E-state index contributed by atoms with van der Waals surface area (Å²) in [6.45, 7) is 0.525. The molecule has 212 valence electrons. The van der Waals surface area contributed by atoms with E-state index in [1.165, 1.54) is 4.90 Å². The van der Waals surface area contributed by atoms with E-state index in [2.05, 4.69) is 21.7 Å². The van der Waals surface area contributed by atoms with Crippen LogP contribution in [0.1, 0.15) is 18.4 Å². The number of carbonyl (C=O) groups excluding carboxylic acids is 2. The number of aromatic amines is 1. The SMILES string of the molecule is N#C[C@@H]1CCCN1C(=O)[C@H](N)Cc1c[nH]c2ccc(NC(=O)Nc3cc(F)cc(F)c3)cc12.O=C(O)C(F)(F)F. The number of hydrogen-bond donors (Lipinski definition) is 5. The van der Waals surface area contributed by atoms with Gasteiger partial charge in [-0.3, -0.25) is 4.79 Å². The molecule has 3 amide bonds. The third-order valence-corrected chi connectivity index (χ3v) is 5.83. The minimum absolute atomic E-state index is 0.0181. The van der Waals surface area contributed by atoms with Crippen LogP contribution in [0.15, 0.2) is 42.6 Å². The van der Waals surface area contributed by atoms with Crippen LogP contribution in [-0.4, -0.2) is 57.7 Å². The van der Waals surface area contributed by atoms with E-state index in [0.717, 1.165) is 35.0 Å². The summed E-state index contributed by atoms with van der Waals surface area (Å²) in [4.78, 5) is 38.5. The number of fused-ring (bicyclic) bond motifs is 1. The number of benzene rings is 2. The van der Waals surface area contributed by atoms with Gasteiger partial charge in [-0.05, 0) is 55.2 Å². The molecule has 1 aromatic heterocycles. The average molecular weight is 566 g/mol. The van der Waals surface area contributed by atoms with Crippen molar-refractivity contribution < 1.29 is 41.4 Å². The first-order valence-electron chi connectivity index (χ1n) is 11.7. The van der Waals surface area contributed by atoms with E-state index in [1.807, 2.05) is 0 Å². The zero-order valence-electron chi connectivity index (χ0n) is 20.6. The Balaban J connectivity index is 0.000000559. The number of amides is 3. The fourth-order valence-electron chi connectivity index (χ4n) is 4.05. The number of H-pyrrole nitrogens is 1. The number of carboxylic acids is 1. The van der Waals surface area contributed by atoms with Crippen LogP contribution >= 0.6 is 0 Å². The van der Waals surface area contributed by atoms with E-state index in [4.69, 9.17) is 15.6 Å². The van der Waals surface area contributed by atoms with Gasteiger partial charge in [0.15, 0.2) is 0 Å². The fraction of sp³-hybridized carbons (Fsp3) is 0.280. The molecule has 0 radical (unpaired) electrons. The third kappa shape index (κ3) is 7.67. The van der Waals surface area contributed by atoms with Gasteiger partial charge in [-0.15, -0.1) is 0 Å². The number of nitriles is 1. The largest absolute Gasteiger partial charge is 0.490 e. The number of aliphatic carboxylic acids is 1. The monoisotopic (exact) mass is 566 g/mol. The van der Waals surface area contributed by atoms with Crippen LogP contribution in [0.4, 0.5) is 38.1 Å². The maximum Gasteiger partial charge on any atom is 0.490 e. The molecule has 4 rings (SSSR count). The lowest BCUT2D eigenvalue weighted by atomic mass is 10.0. The van der Waals surface area contributed by atoms with Gasteiger partial charge in [0.1, 0.15) is 17.7 Å². The predicted octanol–water partition coefficient (Wildman–Crippen LogP) is 4.11. The Hall–Kier alpha value is -4.71. The van der Waals surface area contributed by atoms with Crippen molar-refractivity contribution in [3.05, 3.63) is 59.8 Å². The molecule has 0 aliphatic carbocycles. The number of alkyl halides is 3. The lowest BCUT2D eigenvalue weighted by molar-refractivity contribution is -0.192. The highest BCUT2D eigenvalue weighted by Gasteiger charge is 2.38. The summed E-state index contributed by atoms with van der Waals surface area (Å²) >= 11 is 0. The fourth-order valence-corrected chi connectivity index (χ4v) is 4.05. The Morgan fingerprint density at radius 2 is 1.75 bits per heavy atom. The number of anilines is 2.